The number of nitrogens with one attached hydrogen (secondary N) is 3. The Morgan fingerprint density at radius 1 is 1.39 bits per heavy atom. The number of hydrogen-bond acceptors (Lipinski definition) is 4. The number of amides is 1. The van der Waals surface area contributed by atoms with Gasteiger partial charge in [0.05, 0.1) is 6.04 Å². The molecule has 3 atom stereocenters. The molecule has 1 amide bonds. The number of carbonyl (C=O) groups is 1. The predicted octanol–water partition coefficient (Wildman–Crippen LogP) is 1.88. The third kappa shape index (κ3) is 4.17. The van der Waals surface area contributed by atoms with Gasteiger partial charge in [-0.2, -0.15) is 0 Å². The molecule has 2 aliphatic rings. The Kier molecular flexibility index (Phi) is 6.68. The summed E-state index contributed by atoms with van der Waals surface area (Å²) in [5.74, 6) is 0.176. The van der Waals surface area contributed by atoms with Crippen LogP contribution in [0.25, 0.3) is 0 Å². The van der Waals surface area contributed by atoms with E-state index in [0.29, 0.717) is 11.1 Å². The zero-order chi connectivity index (χ0) is 15.5. The van der Waals surface area contributed by atoms with Gasteiger partial charge in [-0.15, -0.1) is 12.4 Å². The van der Waals surface area contributed by atoms with Gasteiger partial charge >= 0.3 is 0 Å². The van der Waals surface area contributed by atoms with Crippen LogP contribution in [0.15, 0.2) is 24.3 Å². The predicted molar refractivity (Wildman–Crippen MR) is 94.8 cm³/mol. The van der Waals surface area contributed by atoms with Crippen molar-refractivity contribution in [3.05, 3.63) is 34.9 Å². The van der Waals surface area contributed by atoms with Crippen molar-refractivity contribution in [3.63, 3.8) is 0 Å². The van der Waals surface area contributed by atoms with E-state index in [2.05, 4.69) is 23.1 Å². The van der Waals surface area contributed by atoms with Crippen LogP contribution in [0.1, 0.15) is 31.4 Å². The standard InChI is InChI=1S/C16H23ClN4O.ClH/c1-2-13-9-14(20-19-13)16(22)21-7-6-18-10-15(21)11-4-3-5-12(17)8-11;/h3-5,8,13-15,18-20H,2,6-7,9-10H2,1H3;1H. The first-order valence-electron chi connectivity index (χ1n) is 7.96. The van der Waals surface area contributed by atoms with Crippen LogP contribution < -0.4 is 16.2 Å². The number of benzene rings is 1. The van der Waals surface area contributed by atoms with E-state index in [-0.39, 0.29) is 30.4 Å². The molecular weight excluding hydrogens is 335 g/mol. The summed E-state index contributed by atoms with van der Waals surface area (Å²) in [4.78, 5) is 14.9. The van der Waals surface area contributed by atoms with E-state index in [1.807, 2.05) is 29.2 Å². The van der Waals surface area contributed by atoms with E-state index in [4.69, 9.17) is 11.6 Å². The summed E-state index contributed by atoms with van der Waals surface area (Å²) in [7, 11) is 0. The molecule has 0 aliphatic carbocycles. The summed E-state index contributed by atoms with van der Waals surface area (Å²) < 4.78 is 0. The molecule has 1 aromatic rings. The van der Waals surface area contributed by atoms with Crippen LogP contribution in [0.5, 0.6) is 0 Å². The molecule has 5 nitrogen and oxygen atoms in total. The molecule has 0 spiro atoms. The van der Waals surface area contributed by atoms with Gasteiger partial charge in [0.25, 0.3) is 0 Å². The molecule has 128 valence electrons. The lowest BCUT2D eigenvalue weighted by atomic mass is 10.0. The zero-order valence-corrected chi connectivity index (χ0v) is 14.8. The number of nitrogens with zero attached hydrogens (tertiary/aromatic N) is 1. The monoisotopic (exact) mass is 358 g/mol. The molecule has 2 aliphatic heterocycles. The lowest BCUT2D eigenvalue weighted by molar-refractivity contribution is -0.136. The van der Waals surface area contributed by atoms with Crippen molar-refractivity contribution in [2.24, 2.45) is 0 Å². The summed E-state index contributed by atoms with van der Waals surface area (Å²) in [5, 5.41) is 4.09. The van der Waals surface area contributed by atoms with Crippen LogP contribution in [-0.4, -0.2) is 42.5 Å². The molecule has 3 N–H and O–H groups in total. The second-order valence-electron chi connectivity index (χ2n) is 5.99. The fourth-order valence-electron chi connectivity index (χ4n) is 3.23. The van der Waals surface area contributed by atoms with Gasteiger partial charge in [0, 0.05) is 30.7 Å². The lowest BCUT2D eigenvalue weighted by Gasteiger charge is -2.38. The molecule has 0 bridgehead atoms. The number of hydrogen-bond donors (Lipinski definition) is 3. The third-order valence-electron chi connectivity index (χ3n) is 4.53. The highest BCUT2D eigenvalue weighted by atomic mass is 35.5. The Bertz CT molecular complexity index is 543. The van der Waals surface area contributed by atoms with Crippen LogP contribution >= 0.6 is 24.0 Å². The minimum atomic E-state index is -0.135. The second kappa shape index (κ2) is 8.31. The van der Waals surface area contributed by atoms with Crippen molar-refractivity contribution in [1.29, 1.82) is 0 Å². The summed E-state index contributed by atoms with van der Waals surface area (Å²) in [5.41, 5.74) is 7.45. The first-order valence-corrected chi connectivity index (χ1v) is 8.34. The zero-order valence-electron chi connectivity index (χ0n) is 13.2. The van der Waals surface area contributed by atoms with E-state index >= 15 is 0 Å². The molecule has 7 heteroatoms. The third-order valence-corrected chi connectivity index (χ3v) is 4.77. The lowest BCUT2D eigenvalue weighted by Crippen LogP contribution is -2.54. The maximum absolute atomic E-state index is 12.9. The van der Waals surface area contributed by atoms with Gasteiger partial charge in [-0.25, -0.2) is 5.43 Å². The largest absolute Gasteiger partial charge is 0.332 e. The van der Waals surface area contributed by atoms with Gasteiger partial charge in [-0.3, -0.25) is 10.2 Å². The van der Waals surface area contributed by atoms with Gasteiger partial charge in [0.15, 0.2) is 0 Å². The van der Waals surface area contributed by atoms with Gasteiger partial charge in [0.2, 0.25) is 5.91 Å². The summed E-state index contributed by atoms with van der Waals surface area (Å²) >= 11 is 6.11. The van der Waals surface area contributed by atoms with Crippen molar-refractivity contribution >= 4 is 29.9 Å². The molecule has 2 heterocycles. The summed E-state index contributed by atoms with van der Waals surface area (Å²) in [6, 6.07) is 8.08. The Labute approximate surface area is 148 Å². The number of halogens is 2. The van der Waals surface area contributed by atoms with E-state index in [9.17, 15) is 4.79 Å². The van der Waals surface area contributed by atoms with Crippen LogP contribution in [0.4, 0.5) is 0 Å². The maximum atomic E-state index is 12.9. The highest BCUT2D eigenvalue weighted by molar-refractivity contribution is 6.30. The van der Waals surface area contributed by atoms with Crippen molar-refractivity contribution in [1.82, 2.24) is 21.1 Å². The average molecular weight is 359 g/mol. The van der Waals surface area contributed by atoms with E-state index < -0.39 is 0 Å². The van der Waals surface area contributed by atoms with Crippen molar-refractivity contribution in [3.8, 4) is 0 Å². The minimum Gasteiger partial charge on any atom is -0.332 e. The average Bonchev–Trinajstić information content (AvgIpc) is 3.03. The molecule has 0 radical (unpaired) electrons. The van der Waals surface area contributed by atoms with Crippen LogP contribution in [0.2, 0.25) is 5.02 Å². The van der Waals surface area contributed by atoms with Gasteiger partial charge < -0.3 is 10.2 Å². The van der Waals surface area contributed by atoms with E-state index in [1.165, 1.54) is 0 Å². The number of piperazine rings is 1. The Balaban J connectivity index is 0.00000192. The highest BCUT2D eigenvalue weighted by Crippen LogP contribution is 2.26. The number of hydrazine groups is 1. The SMILES string of the molecule is CCC1CC(C(=O)N2CCNCC2c2cccc(Cl)c2)NN1.Cl. The first-order chi connectivity index (χ1) is 10.7. The quantitative estimate of drug-likeness (QED) is 0.772. The smallest absolute Gasteiger partial charge is 0.241 e. The first kappa shape index (κ1) is 18.5. The molecule has 3 unspecified atom stereocenters. The molecule has 2 saturated heterocycles. The van der Waals surface area contributed by atoms with E-state index in [0.717, 1.165) is 38.0 Å². The van der Waals surface area contributed by atoms with Gasteiger partial charge in [-0.05, 0) is 30.5 Å². The summed E-state index contributed by atoms with van der Waals surface area (Å²) in [6.45, 7) is 4.46. The Morgan fingerprint density at radius 2 is 2.22 bits per heavy atom. The van der Waals surface area contributed by atoms with Crippen molar-refractivity contribution < 1.29 is 4.79 Å². The van der Waals surface area contributed by atoms with Crippen molar-refractivity contribution in [2.45, 2.75) is 37.9 Å². The van der Waals surface area contributed by atoms with E-state index in [1.54, 1.807) is 0 Å². The van der Waals surface area contributed by atoms with Crippen LogP contribution in [0, 0.1) is 0 Å². The normalized spacial score (nSPS) is 27.6. The van der Waals surface area contributed by atoms with Gasteiger partial charge in [0.1, 0.15) is 6.04 Å². The minimum absolute atomic E-state index is 0. The molecule has 3 rings (SSSR count). The van der Waals surface area contributed by atoms with Crippen molar-refractivity contribution in [2.75, 3.05) is 19.6 Å². The molecule has 0 aromatic heterocycles. The molecule has 23 heavy (non-hydrogen) atoms. The molecular formula is C16H24Cl2N4O. The Morgan fingerprint density at radius 3 is 2.91 bits per heavy atom. The fraction of sp³-hybridized carbons (Fsp3) is 0.562. The highest BCUT2D eigenvalue weighted by Gasteiger charge is 2.35. The Hall–Kier alpha value is -0.850. The number of carbonyl (C=O) groups excluding carboxylic acids is 1. The topological polar surface area (TPSA) is 56.4 Å². The van der Waals surface area contributed by atoms with Crippen LogP contribution in [-0.2, 0) is 4.79 Å². The fourth-order valence-corrected chi connectivity index (χ4v) is 3.43. The molecule has 2 fully saturated rings. The van der Waals surface area contributed by atoms with Crippen LogP contribution in [0.3, 0.4) is 0 Å². The second-order valence-corrected chi connectivity index (χ2v) is 6.43. The van der Waals surface area contributed by atoms with Gasteiger partial charge in [-0.1, -0.05) is 30.7 Å². The number of rotatable bonds is 3. The maximum Gasteiger partial charge on any atom is 0.241 e. The molecule has 0 saturated carbocycles. The molecule has 1 aromatic carbocycles. The summed E-state index contributed by atoms with van der Waals surface area (Å²) in [6.07, 6.45) is 1.87.